The van der Waals surface area contributed by atoms with E-state index in [-0.39, 0.29) is 17.4 Å². The summed E-state index contributed by atoms with van der Waals surface area (Å²) in [5.41, 5.74) is 5.44. The first kappa shape index (κ1) is 19.6. The average molecular weight is 341 g/mol. The van der Waals surface area contributed by atoms with Crippen LogP contribution in [0, 0.1) is 5.41 Å². The van der Waals surface area contributed by atoms with E-state index in [4.69, 9.17) is 15.2 Å². The number of amides is 1. The molecule has 1 aliphatic carbocycles. The van der Waals surface area contributed by atoms with Gasteiger partial charge in [-0.25, -0.2) is 0 Å². The Hall–Kier alpha value is -0.690. The second-order valence-corrected chi connectivity index (χ2v) is 7.68. The molecule has 0 aromatic heterocycles. The number of hydrogen-bond donors (Lipinski definition) is 1. The van der Waals surface area contributed by atoms with Crippen LogP contribution >= 0.6 is 0 Å². The van der Waals surface area contributed by atoms with Crippen LogP contribution in [0.3, 0.4) is 0 Å². The van der Waals surface area contributed by atoms with Gasteiger partial charge >= 0.3 is 0 Å². The predicted octanol–water partition coefficient (Wildman–Crippen LogP) is 1.09. The van der Waals surface area contributed by atoms with Gasteiger partial charge in [-0.2, -0.15) is 0 Å². The van der Waals surface area contributed by atoms with Crippen molar-refractivity contribution in [3.05, 3.63) is 0 Å². The van der Waals surface area contributed by atoms with E-state index in [1.54, 1.807) is 7.11 Å². The third-order valence-corrected chi connectivity index (χ3v) is 6.16. The van der Waals surface area contributed by atoms with E-state index in [0.29, 0.717) is 19.1 Å². The van der Waals surface area contributed by atoms with E-state index in [1.807, 2.05) is 11.8 Å². The summed E-state index contributed by atoms with van der Waals surface area (Å²) in [7, 11) is 1.73. The van der Waals surface area contributed by atoms with Gasteiger partial charge in [0.15, 0.2) is 0 Å². The quantitative estimate of drug-likeness (QED) is 0.751. The molecule has 1 saturated carbocycles. The summed E-state index contributed by atoms with van der Waals surface area (Å²) in [4.78, 5) is 17.5. The van der Waals surface area contributed by atoms with Crippen molar-refractivity contribution in [2.75, 3.05) is 46.5 Å². The second-order valence-electron chi connectivity index (χ2n) is 7.68. The Labute approximate surface area is 146 Å². The van der Waals surface area contributed by atoms with Crippen molar-refractivity contribution in [1.29, 1.82) is 0 Å². The highest BCUT2D eigenvalue weighted by Gasteiger charge is 2.63. The number of carbonyl (C=O) groups is 1. The maximum absolute atomic E-state index is 13.2. The Kier molecular flexibility index (Phi) is 6.29. The van der Waals surface area contributed by atoms with Crippen LogP contribution < -0.4 is 5.73 Å². The van der Waals surface area contributed by atoms with Gasteiger partial charge < -0.3 is 20.1 Å². The maximum Gasteiger partial charge on any atom is 0.243 e. The number of nitrogens with zero attached hydrogens (tertiary/aromatic N) is 2. The minimum absolute atomic E-state index is 0.0708. The summed E-state index contributed by atoms with van der Waals surface area (Å²) in [5.74, 6) is 0.0910. The van der Waals surface area contributed by atoms with Crippen molar-refractivity contribution in [3.8, 4) is 0 Å². The molecule has 6 nitrogen and oxygen atoms in total. The molecule has 1 heterocycles. The first-order valence-electron chi connectivity index (χ1n) is 9.24. The van der Waals surface area contributed by atoms with E-state index < -0.39 is 5.54 Å². The van der Waals surface area contributed by atoms with Crippen molar-refractivity contribution in [2.24, 2.45) is 11.1 Å². The molecule has 6 heteroatoms. The van der Waals surface area contributed by atoms with E-state index in [0.717, 1.165) is 39.2 Å². The summed E-state index contributed by atoms with van der Waals surface area (Å²) in [6, 6.07) is 0.382. The molecule has 0 bridgehead atoms. The van der Waals surface area contributed by atoms with Crippen LogP contribution in [-0.4, -0.2) is 79.9 Å². The lowest BCUT2D eigenvalue weighted by Gasteiger charge is -2.59. The third-order valence-electron chi connectivity index (χ3n) is 6.16. The van der Waals surface area contributed by atoms with Gasteiger partial charge in [-0.05, 0) is 13.3 Å². The summed E-state index contributed by atoms with van der Waals surface area (Å²) >= 11 is 0. The Morgan fingerprint density at radius 3 is 2.54 bits per heavy atom. The summed E-state index contributed by atoms with van der Waals surface area (Å²) in [6.07, 6.45) is 1.71. The normalized spacial score (nSPS) is 33.3. The highest BCUT2D eigenvalue weighted by atomic mass is 16.5. The molecule has 2 N–H and O–H groups in total. The average Bonchev–Trinajstić information content (AvgIpc) is 2.58. The molecule has 0 aromatic rings. The summed E-state index contributed by atoms with van der Waals surface area (Å²) in [5, 5.41) is 0. The van der Waals surface area contributed by atoms with Crippen LogP contribution in [0.2, 0.25) is 0 Å². The van der Waals surface area contributed by atoms with Gasteiger partial charge in [0.05, 0.1) is 12.7 Å². The number of ether oxygens (including phenoxy) is 2. The zero-order valence-electron chi connectivity index (χ0n) is 16.0. The summed E-state index contributed by atoms with van der Waals surface area (Å²) < 4.78 is 11.0. The van der Waals surface area contributed by atoms with Crippen LogP contribution in [0.25, 0.3) is 0 Å². The van der Waals surface area contributed by atoms with Gasteiger partial charge in [-0.15, -0.1) is 0 Å². The molecule has 3 unspecified atom stereocenters. The molecule has 2 aliphatic rings. The molecule has 0 spiro atoms. The zero-order chi connectivity index (χ0) is 18.0. The van der Waals surface area contributed by atoms with Crippen molar-refractivity contribution in [2.45, 2.75) is 58.2 Å². The molecule has 3 atom stereocenters. The van der Waals surface area contributed by atoms with Crippen molar-refractivity contribution in [1.82, 2.24) is 9.80 Å². The molecule has 140 valence electrons. The minimum atomic E-state index is -0.806. The van der Waals surface area contributed by atoms with Crippen LogP contribution in [0.4, 0.5) is 0 Å². The standard InChI is InChI=1S/C18H35N3O3/c1-6-14-13-21(9-8-20(14)10-11-23-5)16(22)18(19)12-15(24-7-2)17(18,3)4/h14-15H,6-13,19H2,1-5H3. The first-order chi connectivity index (χ1) is 11.3. The van der Waals surface area contributed by atoms with Crippen LogP contribution in [0.15, 0.2) is 0 Å². The predicted molar refractivity (Wildman–Crippen MR) is 94.8 cm³/mol. The number of methoxy groups -OCH3 is 1. The third kappa shape index (κ3) is 3.34. The Bertz CT molecular complexity index is 443. The van der Waals surface area contributed by atoms with Gasteiger partial charge in [0.25, 0.3) is 0 Å². The summed E-state index contributed by atoms with van der Waals surface area (Å²) in [6.45, 7) is 13.0. The number of hydrogen-bond acceptors (Lipinski definition) is 5. The monoisotopic (exact) mass is 341 g/mol. The van der Waals surface area contributed by atoms with E-state index in [2.05, 4.69) is 25.7 Å². The minimum Gasteiger partial charge on any atom is -0.383 e. The highest BCUT2D eigenvalue weighted by Crippen LogP contribution is 2.50. The van der Waals surface area contributed by atoms with Gasteiger partial charge in [0.2, 0.25) is 5.91 Å². The highest BCUT2D eigenvalue weighted by molar-refractivity contribution is 5.89. The van der Waals surface area contributed by atoms with Crippen LogP contribution in [-0.2, 0) is 14.3 Å². The molecule has 0 radical (unpaired) electrons. The van der Waals surface area contributed by atoms with Gasteiger partial charge in [-0.3, -0.25) is 9.69 Å². The molecule has 24 heavy (non-hydrogen) atoms. The molecule has 0 aromatic carbocycles. The zero-order valence-corrected chi connectivity index (χ0v) is 16.0. The lowest BCUT2D eigenvalue weighted by Crippen LogP contribution is -2.77. The Balaban J connectivity index is 2.01. The fourth-order valence-corrected chi connectivity index (χ4v) is 4.05. The molecule has 2 rings (SSSR count). The molecule has 2 fully saturated rings. The van der Waals surface area contributed by atoms with Crippen molar-refractivity contribution < 1.29 is 14.3 Å². The molecule has 1 amide bonds. The fourth-order valence-electron chi connectivity index (χ4n) is 4.05. The SMILES string of the molecule is CCOC1CC(N)(C(=O)N2CCN(CCOC)C(CC)C2)C1(C)C. The van der Waals surface area contributed by atoms with Crippen molar-refractivity contribution >= 4 is 5.91 Å². The molecule has 1 aliphatic heterocycles. The first-order valence-corrected chi connectivity index (χ1v) is 9.24. The van der Waals surface area contributed by atoms with Gasteiger partial charge in [0.1, 0.15) is 5.54 Å². The van der Waals surface area contributed by atoms with E-state index in [1.165, 1.54) is 0 Å². The Morgan fingerprint density at radius 1 is 1.29 bits per heavy atom. The maximum atomic E-state index is 13.2. The van der Waals surface area contributed by atoms with Gasteiger partial charge in [0, 0.05) is 57.8 Å². The second kappa shape index (κ2) is 7.68. The molecular formula is C18H35N3O3. The van der Waals surface area contributed by atoms with E-state index >= 15 is 0 Å². The lowest BCUT2D eigenvalue weighted by atomic mass is 9.54. The fraction of sp³-hybridized carbons (Fsp3) is 0.944. The number of carbonyl (C=O) groups excluding carboxylic acids is 1. The molecule has 1 saturated heterocycles. The number of rotatable bonds is 7. The van der Waals surface area contributed by atoms with E-state index in [9.17, 15) is 4.79 Å². The van der Waals surface area contributed by atoms with Crippen molar-refractivity contribution in [3.63, 3.8) is 0 Å². The topological polar surface area (TPSA) is 68.0 Å². The smallest absolute Gasteiger partial charge is 0.243 e. The lowest BCUT2D eigenvalue weighted by molar-refractivity contribution is -0.181. The number of nitrogens with two attached hydrogens (primary N) is 1. The van der Waals surface area contributed by atoms with Crippen LogP contribution in [0.1, 0.15) is 40.5 Å². The van der Waals surface area contributed by atoms with Gasteiger partial charge in [-0.1, -0.05) is 20.8 Å². The molecular weight excluding hydrogens is 306 g/mol. The Morgan fingerprint density at radius 2 is 2.00 bits per heavy atom. The largest absolute Gasteiger partial charge is 0.383 e. The van der Waals surface area contributed by atoms with Crippen LogP contribution in [0.5, 0.6) is 0 Å². The number of piperazine rings is 1.